The van der Waals surface area contributed by atoms with Crippen molar-refractivity contribution in [1.82, 2.24) is 4.90 Å². The number of rotatable bonds is 3. The Morgan fingerprint density at radius 3 is 2.67 bits per heavy atom. The maximum Gasteiger partial charge on any atom is 0.0453 e. The Kier molecular flexibility index (Phi) is 4.66. The second-order valence-electron chi connectivity index (χ2n) is 5.36. The molecule has 3 atom stereocenters. The van der Waals surface area contributed by atoms with Crippen LogP contribution < -0.4 is 5.73 Å². The van der Waals surface area contributed by atoms with Crippen molar-refractivity contribution < 1.29 is 0 Å². The van der Waals surface area contributed by atoms with Crippen LogP contribution in [0.25, 0.3) is 0 Å². The minimum Gasteiger partial charge on any atom is -0.327 e. The summed E-state index contributed by atoms with van der Waals surface area (Å²) in [7, 11) is 0. The van der Waals surface area contributed by atoms with Crippen molar-refractivity contribution in [3.63, 3.8) is 0 Å². The minimum absolute atomic E-state index is 0.218. The lowest BCUT2D eigenvalue weighted by atomic mass is 9.93. The van der Waals surface area contributed by atoms with Gasteiger partial charge in [-0.25, -0.2) is 0 Å². The molecule has 1 aliphatic heterocycles. The van der Waals surface area contributed by atoms with Crippen LogP contribution in [0.15, 0.2) is 24.3 Å². The molecular formula is C15H23ClN2. The van der Waals surface area contributed by atoms with Gasteiger partial charge in [-0.3, -0.25) is 4.90 Å². The normalized spacial score (nSPS) is 24.8. The number of nitrogens with two attached hydrogens (primary N) is 1. The van der Waals surface area contributed by atoms with Gasteiger partial charge in [0.05, 0.1) is 0 Å². The van der Waals surface area contributed by atoms with Gasteiger partial charge in [-0.05, 0) is 44.9 Å². The Bertz CT molecular complexity index is 392. The van der Waals surface area contributed by atoms with Crippen LogP contribution in [0.1, 0.15) is 44.7 Å². The van der Waals surface area contributed by atoms with Crippen LogP contribution in [0.2, 0.25) is 5.02 Å². The van der Waals surface area contributed by atoms with E-state index in [1.807, 2.05) is 12.1 Å². The molecule has 0 bridgehead atoms. The summed E-state index contributed by atoms with van der Waals surface area (Å²) in [4.78, 5) is 2.52. The lowest BCUT2D eigenvalue weighted by molar-refractivity contribution is 0.0890. The van der Waals surface area contributed by atoms with E-state index in [-0.39, 0.29) is 6.04 Å². The van der Waals surface area contributed by atoms with Gasteiger partial charge in [-0.2, -0.15) is 0 Å². The highest BCUT2D eigenvalue weighted by Crippen LogP contribution is 2.32. The molecule has 1 fully saturated rings. The third kappa shape index (κ3) is 2.87. The number of piperidine rings is 1. The molecule has 2 rings (SSSR count). The first-order valence-electron chi connectivity index (χ1n) is 6.87. The summed E-state index contributed by atoms with van der Waals surface area (Å²) in [6.45, 7) is 5.48. The van der Waals surface area contributed by atoms with Crippen molar-refractivity contribution in [1.29, 1.82) is 0 Å². The van der Waals surface area contributed by atoms with E-state index in [1.165, 1.54) is 24.8 Å². The largest absolute Gasteiger partial charge is 0.327 e. The van der Waals surface area contributed by atoms with E-state index in [1.54, 1.807) is 0 Å². The summed E-state index contributed by atoms with van der Waals surface area (Å²) in [5, 5.41) is 0.860. The number of halogens is 1. The van der Waals surface area contributed by atoms with Gasteiger partial charge < -0.3 is 5.73 Å². The standard InChI is InChI=1S/C15H23ClN2/c1-11(17)15-9-5-6-10-18(15)12(2)13-7-3-4-8-14(13)16/h3-4,7-8,11-12,15H,5-6,9-10,17H2,1-2H3. The van der Waals surface area contributed by atoms with Crippen molar-refractivity contribution in [2.75, 3.05) is 6.54 Å². The van der Waals surface area contributed by atoms with Crippen LogP contribution in [0, 0.1) is 0 Å². The molecule has 0 spiro atoms. The highest BCUT2D eigenvalue weighted by molar-refractivity contribution is 6.31. The molecule has 2 N–H and O–H groups in total. The molecule has 1 aromatic carbocycles. The molecule has 2 nitrogen and oxygen atoms in total. The van der Waals surface area contributed by atoms with Crippen molar-refractivity contribution in [2.45, 2.75) is 51.2 Å². The monoisotopic (exact) mass is 266 g/mol. The van der Waals surface area contributed by atoms with Gasteiger partial charge in [0.15, 0.2) is 0 Å². The number of likely N-dealkylation sites (tertiary alicyclic amines) is 1. The molecule has 0 amide bonds. The summed E-state index contributed by atoms with van der Waals surface area (Å²) in [5.41, 5.74) is 7.35. The number of nitrogens with zero attached hydrogens (tertiary/aromatic N) is 1. The van der Waals surface area contributed by atoms with Crippen molar-refractivity contribution in [2.24, 2.45) is 5.73 Å². The minimum atomic E-state index is 0.218. The maximum absolute atomic E-state index is 6.31. The van der Waals surface area contributed by atoms with Crippen molar-refractivity contribution in [3.8, 4) is 0 Å². The molecule has 100 valence electrons. The van der Waals surface area contributed by atoms with E-state index >= 15 is 0 Å². The van der Waals surface area contributed by atoms with Crippen LogP contribution in [0.4, 0.5) is 0 Å². The predicted molar refractivity (Wildman–Crippen MR) is 77.9 cm³/mol. The molecule has 0 saturated carbocycles. The van der Waals surface area contributed by atoms with E-state index in [2.05, 4.69) is 30.9 Å². The Morgan fingerprint density at radius 2 is 2.00 bits per heavy atom. The number of hydrogen-bond acceptors (Lipinski definition) is 2. The van der Waals surface area contributed by atoms with E-state index in [0.717, 1.165) is 11.6 Å². The molecule has 18 heavy (non-hydrogen) atoms. The fraction of sp³-hybridized carbons (Fsp3) is 0.600. The zero-order valence-electron chi connectivity index (χ0n) is 11.3. The molecule has 1 aromatic rings. The predicted octanol–water partition coefficient (Wildman–Crippen LogP) is 3.60. The first-order valence-corrected chi connectivity index (χ1v) is 7.25. The number of hydrogen-bond donors (Lipinski definition) is 1. The average molecular weight is 267 g/mol. The highest BCUT2D eigenvalue weighted by atomic mass is 35.5. The average Bonchev–Trinajstić information content (AvgIpc) is 2.38. The number of benzene rings is 1. The SMILES string of the molecule is CC(N)C1CCCCN1C(C)c1ccccc1Cl. The smallest absolute Gasteiger partial charge is 0.0453 e. The van der Waals surface area contributed by atoms with Gasteiger partial charge in [0.1, 0.15) is 0 Å². The molecule has 3 heteroatoms. The van der Waals surface area contributed by atoms with Gasteiger partial charge in [0, 0.05) is 23.1 Å². The lowest BCUT2D eigenvalue weighted by Gasteiger charge is -2.42. The van der Waals surface area contributed by atoms with E-state index < -0.39 is 0 Å². The third-order valence-corrected chi connectivity index (χ3v) is 4.40. The van der Waals surface area contributed by atoms with Crippen LogP contribution in [-0.4, -0.2) is 23.5 Å². The second-order valence-corrected chi connectivity index (χ2v) is 5.76. The quantitative estimate of drug-likeness (QED) is 0.906. The summed E-state index contributed by atoms with van der Waals surface area (Å²) >= 11 is 6.31. The van der Waals surface area contributed by atoms with Crippen molar-refractivity contribution in [3.05, 3.63) is 34.9 Å². The van der Waals surface area contributed by atoms with Gasteiger partial charge in [0.25, 0.3) is 0 Å². The van der Waals surface area contributed by atoms with Gasteiger partial charge >= 0.3 is 0 Å². The fourth-order valence-corrected chi connectivity index (χ4v) is 3.31. The Balaban J connectivity index is 2.21. The van der Waals surface area contributed by atoms with Gasteiger partial charge in [-0.15, -0.1) is 0 Å². The summed E-state index contributed by atoms with van der Waals surface area (Å²) in [6, 6.07) is 9.17. The van der Waals surface area contributed by atoms with Crippen LogP contribution in [-0.2, 0) is 0 Å². The summed E-state index contributed by atoms with van der Waals surface area (Å²) < 4.78 is 0. The Hall–Kier alpha value is -0.570. The van der Waals surface area contributed by atoms with Crippen LogP contribution in [0.5, 0.6) is 0 Å². The molecule has 1 aliphatic rings. The first kappa shape index (κ1) is 13.9. The van der Waals surface area contributed by atoms with Gasteiger partial charge in [0.2, 0.25) is 0 Å². The molecule has 1 saturated heterocycles. The maximum atomic E-state index is 6.31. The lowest BCUT2D eigenvalue weighted by Crippen LogP contribution is -2.49. The fourth-order valence-electron chi connectivity index (χ4n) is 3.02. The summed E-state index contributed by atoms with van der Waals surface area (Å²) in [6.07, 6.45) is 3.75. The Labute approximate surface area is 115 Å². The highest BCUT2D eigenvalue weighted by Gasteiger charge is 2.30. The molecule has 0 aromatic heterocycles. The molecule has 3 unspecified atom stereocenters. The van der Waals surface area contributed by atoms with Crippen LogP contribution in [0.3, 0.4) is 0 Å². The first-order chi connectivity index (χ1) is 8.61. The van der Waals surface area contributed by atoms with Crippen LogP contribution >= 0.6 is 11.6 Å². The van der Waals surface area contributed by atoms with Crippen molar-refractivity contribution >= 4 is 11.6 Å². The molecule has 0 radical (unpaired) electrons. The topological polar surface area (TPSA) is 29.3 Å². The molecular weight excluding hydrogens is 244 g/mol. The van der Waals surface area contributed by atoms with E-state index in [0.29, 0.717) is 12.1 Å². The van der Waals surface area contributed by atoms with Gasteiger partial charge in [-0.1, -0.05) is 36.2 Å². The van der Waals surface area contributed by atoms with E-state index in [9.17, 15) is 0 Å². The molecule has 0 aliphatic carbocycles. The molecule has 1 heterocycles. The Morgan fingerprint density at radius 1 is 1.28 bits per heavy atom. The summed E-state index contributed by atoms with van der Waals surface area (Å²) in [5.74, 6) is 0. The zero-order valence-corrected chi connectivity index (χ0v) is 12.0. The zero-order chi connectivity index (χ0) is 13.1. The second kappa shape index (κ2) is 6.05. The van der Waals surface area contributed by atoms with E-state index in [4.69, 9.17) is 17.3 Å². The third-order valence-electron chi connectivity index (χ3n) is 4.05.